The Morgan fingerprint density at radius 1 is 1.23 bits per heavy atom. The van der Waals surface area contributed by atoms with Crippen LogP contribution in [0.25, 0.3) is 0 Å². The van der Waals surface area contributed by atoms with Crippen molar-refractivity contribution in [2.24, 2.45) is 0 Å². The van der Waals surface area contributed by atoms with E-state index in [4.69, 9.17) is 10.5 Å². The van der Waals surface area contributed by atoms with Gasteiger partial charge in [0.05, 0.1) is 5.56 Å². The summed E-state index contributed by atoms with van der Waals surface area (Å²) in [6, 6.07) is 10.5. The first-order valence-electron chi connectivity index (χ1n) is 6.23. The van der Waals surface area contributed by atoms with Crippen LogP contribution in [0.15, 0.2) is 42.5 Å². The van der Waals surface area contributed by atoms with E-state index in [1.165, 1.54) is 6.07 Å². The van der Waals surface area contributed by atoms with Gasteiger partial charge in [0.15, 0.2) is 6.61 Å². The van der Waals surface area contributed by atoms with Crippen LogP contribution in [-0.4, -0.2) is 18.5 Å². The number of carbonyl (C=O) groups excluding carboxylic acids is 2. The van der Waals surface area contributed by atoms with Crippen LogP contribution in [0.3, 0.4) is 0 Å². The molecule has 3 N–H and O–H groups in total. The Bertz CT molecular complexity index is 722. The lowest BCUT2D eigenvalue weighted by Crippen LogP contribution is -2.21. The number of esters is 1. The van der Waals surface area contributed by atoms with E-state index in [9.17, 15) is 14.0 Å². The number of carbonyl (C=O) groups is 2. The maximum absolute atomic E-state index is 12.9. The summed E-state index contributed by atoms with van der Waals surface area (Å²) in [6.07, 6.45) is 0. The summed E-state index contributed by atoms with van der Waals surface area (Å²) in [6.45, 7) is -0.457. The quantitative estimate of drug-likeness (QED) is 0.458. The molecule has 0 radical (unpaired) electrons. The highest BCUT2D eigenvalue weighted by atomic mass is 127. The van der Waals surface area contributed by atoms with Crippen LogP contribution in [-0.2, 0) is 9.53 Å². The van der Waals surface area contributed by atoms with Crippen molar-refractivity contribution in [1.82, 2.24) is 0 Å². The Morgan fingerprint density at radius 2 is 2.00 bits per heavy atom. The highest BCUT2D eigenvalue weighted by molar-refractivity contribution is 14.1. The number of nitrogen functional groups attached to an aromatic ring is 1. The van der Waals surface area contributed by atoms with E-state index in [0.29, 0.717) is 5.69 Å². The number of amides is 1. The summed E-state index contributed by atoms with van der Waals surface area (Å²) in [5.74, 6) is -1.81. The first-order chi connectivity index (χ1) is 10.5. The van der Waals surface area contributed by atoms with E-state index in [2.05, 4.69) is 27.9 Å². The maximum atomic E-state index is 12.9. The van der Waals surface area contributed by atoms with E-state index in [1.54, 1.807) is 18.2 Å². The molecule has 5 nitrogen and oxygen atoms in total. The van der Waals surface area contributed by atoms with E-state index in [-0.39, 0.29) is 11.3 Å². The monoisotopic (exact) mass is 414 g/mol. The number of halogens is 2. The zero-order valence-corrected chi connectivity index (χ0v) is 13.5. The largest absolute Gasteiger partial charge is 0.452 e. The first-order valence-corrected chi connectivity index (χ1v) is 7.31. The van der Waals surface area contributed by atoms with Crippen LogP contribution in [0.1, 0.15) is 10.4 Å². The number of rotatable bonds is 4. The molecule has 0 heterocycles. The Balaban J connectivity index is 1.92. The lowest BCUT2D eigenvalue weighted by Gasteiger charge is -2.08. The Morgan fingerprint density at radius 3 is 2.68 bits per heavy atom. The van der Waals surface area contributed by atoms with E-state index in [0.717, 1.165) is 15.7 Å². The van der Waals surface area contributed by atoms with Crippen LogP contribution in [0.5, 0.6) is 0 Å². The van der Waals surface area contributed by atoms with Crippen molar-refractivity contribution in [2.45, 2.75) is 0 Å². The van der Waals surface area contributed by atoms with Gasteiger partial charge in [-0.05, 0) is 59.0 Å². The predicted octanol–water partition coefficient (Wildman–Crippen LogP) is 2.81. The number of anilines is 2. The molecule has 0 aliphatic heterocycles. The van der Waals surface area contributed by atoms with Crippen molar-refractivity contribution in [1.29, 1.82) is 0 Å². The zero-order valence-electron chi connectivity index (χ0n) is 11.3. The molecular formula is C15H12FIN2O3. The number of hydrogen-bond acceptors (Lipinski definition) is 4. The zero-order chi connectivity index (χ0) is 16.1. The fourth-order valence-electron chi connectivity index (χ4n) is 1.69. The number of nitrogens with one attached hydrogen (secondary N) is 1. The molecule has 1 amide bonds. The van der Waals surface area contributed by atoms with Crippen molar-refractivity contribution in [2.75, 3.05) is 17.7 Å². The lowest BCUT2D eigenvalue weighted by molar-refractivity contribution is -0.119. The summed E-state index contributed by atoms with van der Waals surface area (Å²) in [5, 5.41) is 2.60. The smallest absolute Gasteiger partial charge is 0.340 e. The fraction of sp³-hybridized carbons (Fsp3) is 0.0667. The first kappa shape index (κ1) is 16.2. The summed E-state index contributed by atoms with van der Waals surface area (Å²) in [5.41, 5.74) is 6.11. The summed E-state index contributed by atoms with van der Waals surface area (Å²) < 4.78 is 18.7. The van der Waals surface area contributed by atoms with Crippen LogP contribution in [0, 0.1) is 9.39 Å². The molecule has 0 aliphatic carbocycles. The third-order valence-electron chi connectivity index (χ3n) is 2.68. The highest BCUT2D eigenvalue weighted by Crippen LogP contribution is 2.15. The van der Waals surface area contributed by atoms with Gasteiger partial charge in [-0.2, -0.15) is 0 Å². The molecule has 2 aromatic carbocycles. The normalized spacial score (nSPS) is 10.1. The minimum absolute atomic E-state index is 0.0171. The van der Waals surface area contributed by atoms with Gasteiger partial charge in [-0.25, -0.2) is 9.18 Å². The number of ether oxygens (including phenoxy) is 1. The summed E-state index contributed by atoms with van der Waals surface area (Å²) in [4.78, 5) is 23.5. The molecule has 114 valence electrons. The van der Waals surface area contributed by atoms with Crippen LogP contribution in [0.4, 0.5) is 15.8 Å². The van der Waals surface area contributed by atoms with E-state index in [1.807, 2.05) is 6.07 Å². The van der Waals surface area contributed by atoms with Gasteiger partial charge in [0.25, 0.3) is 5.91 Å². The van der Waals surface area contributed by atoms with Gasteiger partial charge in [0.2, 0.25) is 0 Å². The fourth-order valence-corrected chi connectivity index (χ4v) is 2.23. The van der Waals surface area contributed by atoms with Crippen molar-refractivity contribution in [3.05, 3.63) is 57.4 Å². The molecular weight excluding hydrogens is 402 g/mol. The van der Waals surface area contributed by atoms with Gasteiger partial charge in [-0.1, -0.05) is 6.07 Å². The molecule has 0 spiro atoms. The van der Waals surface area contributed by atoms with Gasteiger partial charge in [-0.15, -0.1) is 0 Å². The third kappa shape index (κ3) is 4.42. The molecule has 22 heavy (non-hydrogen) atoms. The van der Waals surface area contributed by atoms with Gasteiger partial charge in [0.1, 0.15) is 5.82 Å². The van der Waals surface area contributed by atoms with Crippen molar-refractivity contribution in [3.63, 3.8) is 0 Å². The van der Waals surface area contributed by atoms with E-state index < -0.39 is 24.3 Å². The molecule has 0 atom stereocenters. The van der Waals surface area contributed by atoms with Crippen molar-refractivity contribution < 1.29 is 18.7 Å². The molecule has 0 bridgehead atoms. The van der Waals surface area contributed by atoms with Crippen LogP contribution in [0.2, 0.25) is 0 Å². The Kier molecular flexibility index (Phi) is 5.31. The SMILES string of the molecule is Nc1cc(F)ccc1C(=O)OCC(=O)Nc1cccc(I)c1. The molecule has 7 heteroatoms. The van der Waals surface area contributed by atoms with Crippen molar-refractivity contribution >= 4 is 45.8 Å². The number of hydrogen-bond donors (Lipinski definition) is 2. The van der Waals surface area contributed by atoms with Gasteiger partial charge in [-0.3, -0.25) is 4.79 Å². The van der Waals surface area contributed by atoms with E-state index >= 15 is 0 Å². The second-order valence-electron chi connectivity index (χ2n) is 4.37. The molecule has 2 aromatic rings. The molecule has 0 saturated heterocycles. The highest BCUT2D eigenvalue weighted by Gasteiger charge is 2.14. The molecule has 0 aliphatic rings. The molecule has 0 fully saturated rings. The maximum Gasteiger partial charge on any atom is 0.340 e. The Hall–Kier alpha value is -2.16. The molecule has 0 saturated carbocycles. The second-order valence-corrected chi connectivity index (χ2v) is 5.61. The topological polar surface area (TPSA) is 81.4 Å². The van der Waals surface area contributed by atoms with Crippen LogP contribution < -0.4 is 11.1 Å². The molecule has 2 rings (SSSR count). The average molecular weight is 414 g/mol. The minimum Gasteiger partial charge on any atom is -0.452 e. The van der Waals surface area contributed by atoms with Gasteiger partial charge in [0, 0.05) is 14.9 Å². The predicted molar refractivity (Wildman–Crippen MR) is 88.9 cm³/mol. The molecule has 0 aromatic heterocycles. The standard InChI is InChI=1S/C15H12FIN2O3/c16-9-4-5-12(13(18)6-9)15(21)22-8-14(20)19-11-3-1-2-10(17)7-11/h1-7H,8,18H2,(H,19,20). The lowest BCUT2D eigenvalue weighted by atomic mass is 10.2. The van der Waals surface area contributed by atoms with Gasteiger partial charge < -0.3 is 15.8 Å². The molecule has 0 unspecified atom stereocenters. The summed E-state index contributed by atoms with van der Waals surface area (Å²) >= 11 is 2.12. The minimum atomic E-state index is -0.782. The van der Waals surface area contributed by atoms with Crippen LogP contribution >= 0.6 is 22.6 Å². The average Bonchev–Trinajstić information content (AvgIpc) is 2.45. The summed E-state index contributed by atoms with van der Waals surface area (Å²) in [7, 11) is 0. The Labute approximate surface area is 139 Å². The van der Waals surface area contributed by atoms with Gasteiger partial charge >= 0.3 is 5.97 Å². The number of benzene rings is 2. The number of nitrogens with two attached hydrogens (primary N) is 1. The van der Waals surface area contributed by atoms with Crippen molar-refractivity contribution in [3.8, 4) is 0 Å². The second kappa shape index (κ2) is 7.21. The third-order valence-corrected chi connectivity index (χ3v) is 3.35.